The van der Waals surface area contributed by atoms with Gasteiger partial charge in [-0.15, -0.1) is 0 Å². The predicted octanol–water partition coefficient (Wildman–Crippen LogP) is 2.66. The van der Waals surface area contributed by atoms with Crippen molar-refractivity contribution in [3.63, 3.8) is 0 Å². The quantitative estimate of drug-likeness (QED) is 0.570. The number of alkyl halides is 1. The summed E-state index contributed by atoms with van der Waals surface area (Å²) in [4.78, 5) is 10.9. The van der Waals surface area contributed by atoms with Gasteiger partial charge in [-0.3, -0.25) is 4.79 Å². The molecule has 0 aliphatic rings. The smallest absolute Gasteiger partial charge is 0.166 e. The number of allylic oxidation sites excluding steroid dienone is 1. The maximum atomic E-state index is 10.9. The molecule has 0 aromatic heterocycles. The zero-order valence-electron chi connectivity index (χ0n) is 6.53. The SMILES string of the molecule is O=C(C=Cc1ccccc1)CBr. The lowest BCUT2D eigenvalue weighted by Crippen LogP contribution is -1.90. The largest absolute Gasteiger partial charge is 0.294 e. The average Bonchev–Trinajstić information content (AvgIpc) is 2.16. The minimum Gasteiger partial charge on any atom is -0.294 e. The average molecular weight is 225 g/mol. The van der Waals surface area contributed by atoms with E-state index in [1.807, 2.05) is 36.4 Å². The van der Waals surface area contributed by atoms with Gasteiger partial charge in [0.25, 0.3) is 0 Å². The van der Waals surface area contributed by atoms with Crippen LogP contribution in [-0.2, 0) is 4.79 Å². The third-order valence-electron chi connectivity index (χ3n) is 1.39. The number of rotatable bonds is 3. The Bertz CT molecular complexity index is 277. The van der Waals surface area contributed by atoms with Crippen LogP contribution in [0.4, 0.5) is 0 Å². The van der Waals surface area contributed by atoms with Crippen LogP contribution in [-0.4, -0.2) is 11.1 Å². The topological polar surface area (TPSA) is 17.1 Å². The molecule has 1 nitrogen and oxygen atoms in total. The van der Waals surface area contributed by atoms with Gasteiger partial charge in [0.2, 0.25) is 0 Å². The van der Waals surface area contributed by atoms with Gasteiger partial charge in [0.1, 0.15) is 0 Å². The molecule has 0 atom stereocenters. The van der Waals surface area contributed by atoms with Gasteiger partial charge in [-0.1, -0.05) is 52.3 Å². The molecule has 62 valence electrons. The van der Waals surface area contributed by atoms with Crippen LogP contribution in [0.5, 0.6) is 0 Å². The Balaban J connectivity index is 2.64. The molecular formula is C10H9BrO. The third-order valence-corrected chi connectivity index (χ3v) is 1.95. The molecule has 0 saturated carbocycles. The van der Waals surface area contributed by atoms with Gasteiger partial charge >= 0.3 is 0 Å². The fraction of sp³-hybridized carbons (Fsp3) is 0.100. The summed E-state index contributed by atoms with van der Waals surface area (Å²) in [5.74, 6) is 0.0823. The molecule has 1 aromatic rings. The number of carbonyl (C=O) groups excluding carboxylic acids is 1. The minimum absolute atomic E-state index is 0.0823. The Hall–Kier alpha value is -0.890. The highest BCUT2D eigenvalue weighted by Crippen LogP contribution is 2.01. The maximum absolute atomic E-state index is 10.9. The number of benzene rings is 1. The van der Waals surface area contributed by atoms with E-state index in [4.69, 9.17) is 0 Å². The van der Waals surface area contributed by atoms with Gasteiger partial charge < -0.3 is 0 Å². The van der Waals surface area contributed by atoms with Crippen LogP contribution in [0.25, 0.3) is 6.08 Å². The highest BCUT2D eigenvalue weighted by atomic mass is 79.9. The Kier molecular flexibility index (Phi) is 3.74. The van der Waals surface area contributed by atoms with E-state index in [9.17, 15) is 4.79 Å². The van der Waals surface area contributed by atoms with E-state index >= 15 is 0 Å². The summed E-state index contributed by atoms with van der Waals surface area (Å²) >= 11 is 3.09. The van der Waals surface area contributed by atoms with Crippen molar-refractivity contribution in [2.45, 2.75) is 0 Å². The number of carbonyl (C=O) groups is 1. The van der Waals surface area contributed by atoms with E-state index in [1.165, 1.54) is 0 Å². The van der Waals surface area contributed by atoms with Crippen LogP contribution in [0.1, 0.15) is 5.56 Å². The monoisotopic (exact) mass is 224 g/mol. The molecule has 0 heterocycles. The van der Waals surface area contributed by atoms with E-state index in [-0.39, 0.29) is 5.78 Å². The van der Waals surface area contributed by atoms with Crippen molar-refractivity contribution in [3.8, 4) is 0 Å². The van der Waals surface area contributed by atoms with Gasteiger partial charge in [-0.05, 0) is 11.6 Å². The molecule has 0 fully saturated rings. The Labute approximate surface area is 80.2 Å². The fourth-order valence-corrected chi connectivity index (χ4v) is 0.985. The lowest BCUT2D eigenvalue weighted by Gasteiger charge is -1.89. The van der Waals surface area contributed by atoms with Crippen molar-refractivity contribution in [2.75, 3.05) is 5.33 Å². The first-order valence-corrected chi connectivity index (χ1v) is 4.77. The van der Waals surface area contributed by atoms with E-state index < -0.39 is 0 Å². The molecule has 0 N–H and O–H groups in total. The summed E-state index contributed by atoms with van der Waals surface area (Å²) < 4.78 is 0. The normalized spacial score (nSPS) is 10.4. The second-order valence-electron chi connectivity index (χ2n) is 2.34. The van der Waals surface area contributed by atoms with Gasteiger partial charge in [-0.2, -0.15) is 0 Å². The van der Waals surface area contributed by atoms with Crippen LogP contribution >= 0.6 is 15.9 Å². The molecule has 12 heavy (non-hydrogen) atoms. The van der Waals surface area contributed by atoms with Crippen molar-refractivity contribution in [3.05, 3.63) is 42.0 Å². The van der Waals surface area contributed by atoms with Crippen molar-refractivity contribution in [2.24, 2.45) is 0 Å². The molecule has 0 unspecified atom stereocenters. The molecular weight excluding hydrogens is 216 g/mol. The first-order valence-electron chi connectivity index (χ1n) is 3.65. The number of hydrogen-bond donors (Lipinski definition) is 0. The van der Waals surface area contributed by atoms with Gasteiger partial charge in [0, 0.05) is 0 Å². The lowest BCUT2D eigenvalue weighted by atomic mass is 10.2. The second kappa shape index (κ2) is 4.88. The summed E-state index contributed by atoms with van der Waals surface area (Å²) in [6, 6.07) is 9.75. The molecule has 0 saturated heterocycles. The van der Waals surface area contributed by atoms with Crippen LogP contribution in [0.15, 0.2) is 36.4 Å². The molecule has 0 aliphatic carbocycles. The van der Waals surface area contributed by atoms with Crippen molar-refractivity contribution < 1.29 is 4.79 Å². The van der Waals surface area contributed by atoms with Crippen molar-refractivity contribution >= 4 is 27.8 Å². The fourth-order valence-electron chi connectivity index (χ4n) is 0.798. The van der Waals surface area contributed by atoms with E-state index in [1.54, 1.807) is 6.08 Å². The first kappa shape index (κ1) is 9.20. The first-order chi connectivity index (χ1) is 5.83. The van der Waals surface area contributed by atoms with Gasteiger partial charge in [0.15, 0.2) is 5.78 Å². The highest BCUT2D eigenvalue weighted by molar-refractivity contribution is 9.09. The summed E-state index contributed by atoms with van der Waals surface area (Å²) in [7, 11) is 0. The Morgan fingerprint density at radius 2 is 2.00 bits per heavy atom. The summed E-state index contributed by atoms with van der Waals surface area (Å²) in [5, 5.41) is 0.385. The predicted molar refractivity (Wildman–Crippen MR) is 54.3 cm³/mol. The molecule has 0 amide bonds. The van der Waals surface area contributed by atoms with E-state index in [0.29, 0.717) is 5.33 Å². The third kappa shape index (κ3) is 3.01. The Morgan fingerprint density at radius 3 is 2.58 bits per heavy atom. The molecule has 1 aromatic carbocycles. The Morgan fingerprint density at radius 1 is 1.33 bits per heavy atom. The van der Waals surface area contributed by atoms with E-state index in [0.717, 1.165) is 5.56 Å². The van der Waals surface area contributed by atoms with E-state index in [2.05, 4.69) is 15.9 Å². The lowest BCUT2D eigenvalue weighted by molar-refractivity contribution is -0.112. The zero-order valence-corrected chi connectivity index (χ0v) is 8.12. The molecule has 2 heteroatoms. The number of halogens is 1. The second-order valence-corrected chi connectivity index (χ2v) is 2.90. The molecule has 1 rings (SSSR count). The minimum atomic E-state index is 0.0823. The summed E-state index contributed by atoms with van der Waals surface area (Å²) in [6.45, 7) is 0. The van der Waals surface area contributed by atoms with Crippen LogP contribution in [0, 0.1) is 0 Å². The standard InChI is InChI=1S/C10H9BrO/c11-8-10(12)7-6-9-4-2-1-3-5-9/h1-7H,8H2. The van der Waals surface area contributed by atoms with Crippen LogP contribution in [0.2, 0.25) is 0 Å². The van der Waals surface area contributed by atoms with Crippen LogP contribution < -0.4 is 0 Å². The highest BCUT2D eigenvalue weighted by Gasteiger charge is 1.90. The maximum Gasteiger partial charge on any atom is 0.166 e. The molecule has 0 radical (unpaired) electrons. The molecule has 0 bridgehead atoms. The zero-order chi connectivity index (χ0) is 8.81. The molecule has 0 spiro atoms. The summed E-state index contributed by atoms with van der Waals surface area (Å²) in [5.41, 5.74) is 1.05. The molecule has 0 aliphatic heterocycles. The number of hydrogen-bond acceptors (Lipinski definition) is 1. The van der Waals surface area contributed by atoms with Crippen LogP contribution in [0.3, 0.4) is 0 Å². The van der Waals surface area contributed by atoms with Crippen molar-refractivity contribution in [1.29, 1.82) is 0 Å². The number of ketones is 1. The summed E-state index contributed by atoms with van der Waals surface area (Å²) in [6.07, 6.45) is 3.38. The van der Waals surface area contributed by atoms with Gasteiger partial charge in [0.05, 0.1) is 5.33 Å². The van der Waals surface area contributed by atoms with Crippen molar-refractivity contribution in [1.82, 2.24) is 0 Å². The van der Waals surface area contributed by atoms with Gasteiger partial charge in [-0.25, -0.2) is 0 Å².